The van der Waals surface area contributed by atoms with E-state index in [2.05, 4.69) is 5.32 Å². The van der Waals surface area contributed by atoms with E-state index in [-0.39, 0.29) is 5.91 Å². The Hall–Kier alpha value is -4.72. The molecule has 4 amide bonds. The van der Waals surface area contributed by atoms with Crippen molar-refractivity contribution in [1.29, 1.82) is 0 Å². The Morgan fingerprint density at radius 3 is 2.35 bits per heavy atom. The summed E-state index contributed by atoms with van der Waals surface area (Å²) in [6.07, 6.45) is 0. The van der Waals surface area contributed by atoms with Crippen LogP contribution in [-0.4, -0.2) is 42.9 Å². The first-order valence-electron chi connectivity index (χ1n) is 10.4. The van der Waals surface area contributed by atoms with Crippen molar-refractivity contribution in [2.24, 2.45) is 5.73 Å². The summed E-state index contributed by atoms with van der Waals surface area (Å²) in [5, 5.41) is 5.34. The van der Waals surface area contributed by atoms with E-state index in [1.807, 2.05) is 18.2 Å². The van der Waals surface area contributed by atoms with Crippen LogP contribution in [0.15, 0.2) is 60.7 Å². The predicted octanol–water partition coefficient (Wildman–Crippen LogP) is 4.16. The number of methoxy groups -OCH3 is 1. The maximum absolute atomic E-state index is 13.0. The Balaban J connectivity index is 1.78. The van der Waals surface area contributed by atoms with Crippen LogP contribution in [-0.2, 0) is 4.74 Å². The van der Waals surface area contributed by atoms with Gasteiger partial charge in [0.2, 0.25) is 0 Å². The standard InChI is InChI=1S/C26H19N3O5/c1-29-23(30)18-5-3-4-14-8-16(12-21(22(14)18)24(29)31)19-10-13-6-7-17(28-26(27)33)9-15(13)11-20(19)25(32)34-2/h3-12H,1-2H3,(H3,27,28,33). The van der Waals surface area contributed by atoms with Gasteiger partial charge in [-0.15, -0.1) is 0 Å². The van der Waals surface area contributed by atoms with Gasteiger partial charge in [-0.05, 0) is 69.8 Å². The van der Waals surface area contributed by atoms with Crippen LogP contribution in [0.25, 0.3) is 32.7 Å². The number of urea groups is 1. The molecule has 0 atom stereocenters. The number of hydrogen-bond donors (Lipinski definition) is 2. The van der Waals surface area contributed by atoms with E-state index in [4.69, 9.17) is 10.5 Å². The van der Waals surface area contributed by atoms with Gasteiger partial charge in [-0.3, -0.25) is 14.5 Å². The second-order valence-corrected chi connectivity index (χ2v) is 8.04. The Morgan fingerprint density at radius 1 is 0.853 bits per heavy atom. The molecule has 8 nitrogen and oxygen atoms in total. The molecule has 34 heavy (non-hydrogen) atoms. The van der Waals surface area contributed by atoms with Gasteiger partial charge in [0, 0.05) is 29.2 Å². The number of primary amides is 1. The summed E-state index contributed by atoms with van der Waals surface area (Å²) >= 11 is 0. The number of carbonyl (C=O) groups is 4. The van der Waals surface area contributed by atoms with Crippen LogP contribution in [0.3, 0.4) is 0 Å². The van der Waals surface area contributed by atoms with Crippen molar-refractivity contribution in [3.63, 3.8) is 0 Å². The van der Waals surface area contributed by atoms with Gasteiger partial charge >= 0.3 is 12.0 Å². The molecule has 0 saturated carbocycles. The molecule has 0 radical (unpaired) electrons. The maximum atomic E-state index is 13.0. The third-order valence-electron chi connectivity index (χ3n) is 6.01. The minimum Gasteiger partial charge on any atom is -0.465 e. The van der Waals surface area contributed by atoms with E-state index < -0.39 is 17.9 Å². The second-order valence-electron chi connectivity index (χ2n) is 8.04. The number of nitrogens with one attached hydrogen (secondary N) is 1. The molecular formula is C26H19N3O5. The van der Waals surface area contributed by atoms with Gasteiger partial charge in [0.1, 0.15) is 0 Å². The number of nitrogens with zero attached hydrogens (tertiary/aromatic N) is 1. The van der Waals surface area contributed by atoms with Gasteiger partial charge < -0.3 is 15.8 Å². The number of benzene rings is 4. The molecule has 0 fully saturated rings. The first-order chi connectivity index (χ1) is 16.3. The summed E-state index contributed by atoms with van der Waals surface area (Å²) in [6.45, 7) is 0. The van der Waals surface area contributed by atoms with Crippen LogP contribution >= 0.6 is 0 Å². The summed E-state index contributed by atoms with van der Waals surface area (Å²) in [5.41, 5.74) is 8.06. The molecule has 1 aliphatic rings. The monoisotopic (exact) mass is 453 g/mol. The van der Waals surface area contributed by atoms with Crippen molar-refractivity contribution in [2.45, 2.75) is 0 Å². The lowest BCUT2D eigenvalue weighted by Gasteiger charge is -2.24. The topological polar surface area (TPSA) is 119 Å². The van der Waals surface area contributed by atoms with Gasteiger partial charge in [-0.1, -0.05) is 18.2 Å². The van der Waals surface area contributed by atoms with E-state index in [1.165, 1.54) is 14.2 Å². The average Bonchev–Trinajstić information content (AvgIpc) is 2.83. The number of fused-ring (bicyclic) bond motifs is 1. The van der Waals surface area contributed by atoms with Crippen molar-refractivity contribution in [3.8, 4) is 11.1 Å². The molecule has 0 aliphatic carbocycles. The van der Waals surface area contributed by atoms with Crippen LogP contribution in [0, 0.1) is 0 Å². The Bertz CT molecular complexity index is 1570. The van der Waals surface area contributed by atoms with Crippen LogP contribution in [0.5, 0.6) is 0 Å². The molecule has 8 heteroatoms. The molecular weight excluding hydrogens is 434 g/mol. The third-order valence-corrected chi connectivity index (χ3v) is 6.01. The van der Waals surface area contributed by atoms with E-state index in [0.717, 1.165) is 15.7 Å². The molecule has 0 unspecified atom stereocenters. The summed E-state index contributed by atoms with van der Waals surface area (Å²) < 4.78 is 5.02. The fraction of sp³-hybridized carbons (Fsp3) is 0.0769. The van der Waals surface area contributed by atoms with Crippen LogP contribution in [0.1, 0.15) is 31.1 Å². The van der Waals surface area contributed by atoms with Crippen molar-refractivity contribution in [1.82, 2.24) is 4.90 Å². The lowest BCUT2D eigenvalue weighted by molar-refractivity contribution is 0.0599. The van der Waals surface area contributed by atoms with Crippen molar-refractivity contribution in [3.05, 3.63) is 77.4 Å². The average molecular weight is 453 g/mol. The number of imide groups is 1. The Labute approximate surface area is 193 Å². The summed E-state index contributed by atoms with van der Waals surface area (Å²) in [4.78, 5) is 50.6. The summed E-state index contributed by atoms with van der Waals surface area (Å²) in [7, 11) is 2.74. The number of esters is 1. The van der Waals surface area contributed by atoms with Crippen LogP contribution in [0.4, 0.5) is 10.5 Å². The number of anilines is 1. The minimum atomic E-state index is -0.693. The SMILES string of the molecule is COC(=O)c1cc2cc(NC(N)=O)ccc2cc1-c1cc2c3c(cccc3c1)C(=O)N(C)C2=O. The quantitative estimate of drug-likeness (QED) is 0.357. The first-order valence-corrected chi connectivity index (χ1v) is 10.4. The molecule has 3 N–H and O–H groups in total. The lowest BCUT2D eigenvalue weighted by Crippen LogP contribution is -2.36. The Morgan fingerprint density at radius 2 is 1.62 bits per heavy atom. The van der Waals surface area contributed by atoms with Crippen LogP contribution in [0.2, 0.25) is 0 Å². The molecule has 4 aromatic rings. The lowest BCUT2D eigenvalue weighted by atomic mass is 9.88. The third kappa shape index (κ3) is 3.24. The number of ether oxygens (including phenoxy) is 1. The van der Waals surface area contributed by atoms with E-state index in [1.54, 1.807) is 42.5 Å². The first kappa shape index (κ1) is 21.1. The molecule has 168 valence electrons. The van der Waals surface area contributed by atoms with Crippen molar-refractivity contribution >= 4 is 51.0 Å². The van der Waals surface area contributed by atoms with Gasteiger partial charge in [-0.2, -0.15) is 0 Å². The summed E-state index contributed by atoms with van der Waals surface area (Å²) in [6, 6.07) is 16.9. The fourth-order valence-corrected chi connectivity index (χ4v) is 4.42. The zero-order chi connectivity index (χ0) is 24.1. The van der Waals surface area contributed by atoms with Gasteiger partial charge in [0.05, 0.1) is 12.7 Å². The maximum Gasteiger partial charge on any atom is 0.338 e. The molecule has 0 bridgehead atoms. The molecule has 1 aliphatic heterocycles. The van der Waals surface area contributed by atoms with E-state index in [0.29, 0.717) is 44.3 Å². The van der Waals surface area contributed by atoms with E-state index >= 15 is 0 Å². The second kappa shape index (κ2) is 7.70. The highest BCUT2D eigenvalue weighted by Crippen LogP contribution is 2.37. The number of amides is 4. The van der Waals surface area contributed by atoms with Gasteiger partial charge in [0.15, 0.2) is 0 Å². The fourth-order valence-electron chi connectivity index (χ4n) is 4.42. The molecule has 5 rings (SSSR count). The summed E-state index contributed by atoms with van der Waals surface area (Å²) in [5.74, 6) is -1.30. The largest absolute Gasteiger partial charge is 0.465 e. The molecule has 4 aromatic carbocycles. The number of nitrogens with two attached hydrogens (primary N) is 1. The predicted molar refractivity (Wildman–Crippen MR) is 128 cm³/mol. The smallest absolute Gasteiger partial charge is 0.338 e. The Kier molecular flexibility index (Phi) is 4.79. The zero-order valence-corrected chi connectivity index (χ0v) is 18.3. The van der Waals surface area contributed by atoms with E-state index in [9.17, 15) is 19.2 Å². The molecule has 0 saturated heterocycles. The zero-order valence-electron chi connectivity index (χ0n) is 18.3. The number of hydrogen-bond acceptors (Lipinski definition) is 5. The highest BCUT2D eigenvalue weighted by atomic mass is 16.5. The van der Waals surface area contributed by atoms with Gasteiger partial charge in [-0.25, -0.2) is 9.59 Å². The molecule has 0 aromatic heterocycles. The van der Waals surface area contributed by atoms with Gasteiger partial charge in [0.25, 0.3) is 11.8 Å². The number of carbonyl (C=O) groups excluding carboxylic acids is 4. The van der Waals surface area contributed by atoms with Crippen molar-refractivity contribution < 1.29 is 23.9 Å². The molecule has 1 heterocycles. The highest BCUT2D eigenvalue weighted by Gasteiger charge is 2.31. The van der Waals surface area contributed by atoms with Crippen molar-refractivity contribution in [2.75, 3.05) is 19.5 Å². The minimum absolute atomic E-state index is 0.293. The molecule has 0 spiro atoms. The number of rotatable bonds is 3. The highest BCUT2D eigenvalue weighted by molar-refractivity contribution is 6.26. The van der Waals surface area contributed by atoms with Crippen LogP contribution < -0.4 is 11.1 Å². The normalized spacial score (nSPS) is 12.8.